The summed E-state index contributed by atoms with van der Waals surface area (Å²) in [5.41, 5.74) is -2.31. The van der Waals surface area contributed by atoms with Crippen molar-refractivity contribution in [3.05, 3.63) is 0 Å². The summed E-state index contributed by atoms with van der Waals surface area (Å²) in [4.78, 5) is 24.0. The molecule has 1 heterocycles. The Kier molecular flexibility index (Phi) is 4.76. The molecule has 0 bridgehead atoms. The van der Waals surface area contributed by atoms with Crippen molar-refractivity contribution in [1.29, 1.82) is 0 Å². The van der Waals surface area contributed by atoms with Crippen molar-refractivity contribution in [2.24, 2.45) is 0 Å². The first-order valence-corrected chi connectivity index (χ1v) is 6.50. The highest BCUT2D eigenvalue weighted by Gasteiger charge is 2.36. The first kappa shape index (κ1) is 15.7. The largest absolute Gasteiger partial charge is 0.481 e. The van der Waals surface area contributed by atoms with Crippen molar-refractivity contribution in [3.8, 4) is 0 Å². The van der Waals surface area contributed by atoms with Crippen molar-refractivity contribution in [2.75, 3.05) is 13.1 Å². The van der Waals surface area contributed by atoms with Crippen molar-refractivity contribution in [3.63, 3.8) is 0 Å². The van der Waals surface area contributed by atoms with E-state index in [1.807, 2.05) is 0 Å². The van der Waals surface area contributed by atoms with E-state index in [4.69, 9.17) is 9.84 Å². The molecule has 0 aliphatic carbocycles. The number of halogens is 1. The number of carboxylic acids is 1. The zero-order valence-electron chi connectivity index (χ0n) is 11.7. The fourth-order valence-corrected chi connectivity index (χ4v) is 2.12. The number of rotatable bonds is 2. The van der Waals surface area contributed by atoms with Gasteiger partial charge in [0.2, 0.25) is 0 Å². The van der Waals surface area contributed by atoms with E-state index in [1.165, 1.54) is 4.90 Å². The third-order valence-corrected chi connectivity index (χ3v) is 3.00. The maximum absolute atomic E-state index is 14.3. The minimum absolute atomic E-state index is 0.0402. The van der Waals surface area contributed by atoms with Gasteiger partial charge in [-0.1, -0.05) is 0 Å². The van der Waals surface area contributed by atoms with Crippen molar-refractivity contribution in [2.45, 2.75) is 57.7 Å². The third-order valence-electron chi connectivity index (χ3n) is 3.00. The molecule has 1 aliphatic rings. The quantitative estimate of drug-likeness (QED) is 0.841. The molecular formula is C13H22FNO4. The van der Waals surface area contributed by atoms with Crippen LogP contribution in [0.2, 0.25) is 0 Å². The summed E-state index contributed by atoms with van der Waals surface area (Å²) in [6, 6.07) is 0. The van der Waals surface area contributed by atoms with Crippen LogP contribution in [0.15, 0.2) is 0 Å². The molecule has 1 unspecified atom stereocenters. The molecule has 1 rings (SSSR count). The second kappa shape index (κ2) is 5.75. The van der Waals surface area contributed by atoms with Gasteiger partial charge in [0.15, 0.2) is 0 Å². The minimum Gasteiger partial charge on any atom is -0.481 e. The van der Waals surface area contributed by atoms with Crippen LogP contribution in [0.1, 0.15) is 46.5 Å². The summed E-state index contributed by atoms with van der Waals surface area (Å²) in [5.74, 6) is -1.15. The summed E-state index contributed by atoms with van der Waals surface area (Å²) in [6.07, 6.45) is -0.318. The van der Waals surface area contributed by atoms with Crippen molar-refractivity contribution >= 4 is 12.1 Å². The van der Waals surface area contributed by atoms with Crippen LogP contribution < -0.4 is 0 Å². The molecule has 0 aromatic carbocycles. The van der Waals surface area contributed by atoms with Crippen LogP contribution >= 0.6 is 0 Å². The highest BCUT2D eigenvalue weighted by Crippen LogP contribution is 2.30. The molecule has 1 fully saturated rings. The highest BCUT2D eigenvalue weighted by atomic mass is 19.1. The lowest BCUT2D eigenvalue weighted by Crippen LogP contribution is -2.38. The Balaban J connectivity index is 2.59. The lowest BCUT2D eigenvalue weighted by molar-refractivity contribution is -0.140. The molecule has 0 spiro atoms. The van der Waals surface area contributed by atoms with Gasteiger partial charge in [-0.15, -0.1) is 0 Å². The van der Waals surface area contributed by atoms with Crippen LogP contribution in [0.25, 0.3) is 0 Å². The Morgan fingerprint density at radius 2 is 1.95 bits per heavy atom. The van der Waals surface area contributed by atoms with Gasteiger partial charge in [0.25, 0.3) is 0 Å². The maximum atomic E-state index is 14.3. The predicted molar refractivity (Wildman–Crippen MR) is 67.7 cm³/mol. The normalized spacial score (nSPS) is 24.7. The lowest BCUT2D eigenvalue weighted by atomic mass is 9.93. The minimum atomic E-state index is -1.72. The average molecular weight is 275 g/mol. The van der Waals surface area contributed by atoms with Gasteiger partial charge in [-0.3, -0.25) is 4.79 Å². The SMILES string of the molecule is CC(C)(C)OC(=O)N1CCCC(F)(CC(=O)O)CC1. The van der Waals surface area contributed by atoms with Crippen LogP contribution in [-0.2, 0) is 9.53 Å². The van der Waals surface area contributed by atoms with E-state index in [0.29, 0.717) is 13.0 Å². The number of nitrogens with zero attached hydrogens (tertiary/aromatic N) is 1. The summed E-state index contributed by atoms with van der Waals surface area (Å²) in [5, 5.41) is 8.71. The Bertz CT molecular complexity index is 353. The molecule has 1 atom stereocenters. The summed E-state index contributed by atoms with van der Waals surface area (Å²) < 4.78 is 19.5. The van der Waals surface area contributed by atoms with Gasteiger partial charge in [0.1, 0.15) is 11.3 Å². The molecule has 110 valence electrons. The fraction of sp³-hybridized carbons (Fsp3) is 0.846. The molecule has 1 aliphatic heterocycles. The first-order chi connectivity index (χ1) is 8.61. The summed E-state index contributed by atoms with van der Waals surface area (Å²) in [6.45, 7) is 5.91. The zero-order valence-corrected chi connectivity index (χ0v) is 11.7. The van der Waals surface area contributed by atoms with Crippen LogP contribution in [0.3, 0.4) is 0 Å². The van der Waals surface area contributed by atoms with E-state index < -0.39 is 29.8 Å². The van der Waals surface area contributed by atoms with Crippen LogP contribution in [0.5, 0.6) is 0 Å². The predicted octanol–water partition coefficient (Wildman–Crippen LogP) is 2.59. The number of likely N-dealkylation sites (tertiary alicyclic amines) is 1. The number of carbonyl (C=O) groups excluding carboxylic acids is 1. The molecule has 1 amide bonds. The molecule has 6 heteroatoms. The average Bonchev–Trinajstić information content (AvgIpc) is 2.36. The van der Waals surface area contributed by atoms with Crippen molar-refractivity contribution in [1.82, 2.24) is 4.90 Å². The molecule has 0 radical (unpaired) electrons. The number of hydrogen-bond acceptors (Lipinski definition) is 3. The topological polar surface area (TPSA) is 66.8 Å². The molecule has 19 heavy (non-hydrogen) atoms. The molecule has 5 nitrogen and oxygen atoms in total. The second-order valence-corrected chi connectivity index (χ2v) is 6.04. The molecule has 0 aromatic heterocycles. The second-order valence-electron chi connectivity index (χ2n) is 6.04. The highest BCUT2D eigenvalue weighted by molar-refractivity contribution is 5.69. The number of alkyl halides is 1. The lowest BCUT2D eigenvalue weighted by Gasteiger charge is -2.26. The number of carbonyl (C=O) groups is 2. The monoisotopic (exact) mass is 275 g/mol. The molecule has 0 saturated carbocycles. The van der Waals surface area contributed by atoms with E-state index in [2.05, 4.69) is 0 Å². The van der Waals surface area contributed by atoms with E-state index in [0.717, 1.165) is 0 Å². The Morgan fingerprint density at radius 1 is 1.32 bits per heavy atom. The Hall–Kier alpha value is -1.33. The Labute approximate surface area is 112 Å². The van der Waals surface area contributed by atoms with Gasteiger partial charge in [-0.2, -0.15) is 0 Å². The Morgan fingerprint density at radius 3 is 2.47 bits per heavy atom. The smallest absolute Gasteiger partial charge is 0.410 e. The number of ether oxygens (including phenoxy) is 1. The van der Waals surface area contributed by atoms with E-state index in [1.54, 1.807) is 20.8 Å². The first-order valence-electron chi connectivity index (χ1n) is 6.50. The molecule has 1 N–H and O–H groups in total. The zero-order chi connectivity index (χ0) is 14.7. The van der Waals surface area contributed by atoms with E-state index >= 15 is 0 Å². The van der Waals surface area contributed by atoms with Crippen LogP contribution in [-0.4, -0.2) is 46.4 Å². The number of carboxylic acid groups (broad SMARTS) is 1. The number of hydrogen-bond donors (Lipinski definition) is 1. The van der Waals surface area contributed by atoms with E-state index in [9.17, 15) is 14.0 Å². The van der Waals surface area contributed by atoms with Gasteiger partial charge < -0.3 is 14.7 Å². The van der Waals surface area contributed by atoms with Gasteiger partial charge in [-0.05, 0) is 40.0 Å². The maximum Gasteiger partial charge on any atom is 0.410 e. The standard InChI is InChI=1S/C13H22FNO4/c1-12(2,3)19-11(18)15-7-4-5-13(14,6-8-15)9-10(16)17/h4-9H2,1-3H3,(H,16,17). The van der Waals surface area contributed by atoms with Crippen molar-refractivity contribution < 1.29 is 23.8 Å². The summed E-state index contributed by atoms with van der Waals surface area (Å²) in [7, 11) is 0. The summed E-state index contributed by atoms with van der Waals surface area (Å²) >= 11 is 0. The van der Waals surface area contributed by atoms with Crippen LogP contribution in [0.4, 0.5) is 9.18 Å². The van der Waals surface area contributed by atoms with Gasteiger partial charge in [0.05, 0.1) is 6.42 Å². The fourth-order valence-electron chi connectivity index (χ4n) is 2.12. The van der Waals surface area contributed by atoms with Gasteiger partial charge >= 0.3 is 12.1 Å². The number of aliphatic carboxylic acids is 1. The van der Waals surface area contributed by atoms with Gasteiger partial charge in [-0.25, -0.2) is 9.18 Å². The third kappa shape index (κ3) is 5.44. The molecular weight excluding hydrogens is 253 g/mol. The molecule has 1 saturated heterocycles. The number of amides is 1. The van der Waals surface area contributed by atoms with Crippen LogP contribution in [0, 0.1) is 0 Å². The molecule has 0 aromatic rings. The van der Waals surface area contributed by atoms with Gasteiger partial charge in [0, 0.05) is 13.1 Å². The van der Waals surface area contributed by atoms with E-state index in [-0.39, 0.29) is 19.4 Å².